The van der Waals surface area contributed by atoms with Crippen molar-refractivity contribution >= 4 is 28.4 Å². The summed E-state index contributed by atoms with van der Waals surface area (Å²) in [6.07, 6.45) is -0.300. The Morgan fingerprint density at radius 3 is 2.61 bits per heavy atom. The van der Waals surface area contributed by atoms with E-state index in [9.17, 15) is 9.59 Å². The zero-order valence-electron chi connectivity index (χ0n) is 11.9. The number of fused-ring (bicyclic) bond motifs is 3. The summed E-state index contributed by atoms with van der Waals surface area (Å²) in [4.78, 5) is 24.1. The standard InChI is InChI=1S/C18H11ClO4/c19-12-4-2-1-3-11(12)15-9-13(20)17-14(22-15)7-5-10-6-8-16(21)23-18(10)17/h1-8,15H,9H2. The lowest BCUT2D eigenvalue weighted by atomic mass is 9.95. The Morgan fingerprint density at radius 2 is 1.78 bits per heavy atom. The first-order valence-corrected chi connectivity index (χ1v) is 7.52. The number of carbonyl (C=O) groups excluding carboxylic acids is 1. The quantitative estimate of drug-likeness (QED) is 0.630. The molecule has 114 valence electrons. The fourth-order valence-corrected chi connectivity index (χ4v) is 3.11. The lowest BCUT2D eigenvalue weighted by Gasteiger charge is -2.26. The SMILES string of the molecule is O=C1CC(c2ccccc2Cl)Oc2ccc3ccc(=O)oc3c21. The summed E-state index contributed by atoms with van der Waals surface area (Å²) in [5.74, 6) is 0.282. The molecule has 4 rings (SSSR count). The van der Waals surface area contributed by atoms with Gasteiger partial charge in [-0.15, -0.1) is 0 Å². The normalized spacial score (nSPS) is 16.9. The summed E-state index contributed by atoms with van der Waals surface area (Å²) < 4.78 is 11.2. The summed E-state index contributed by atoms with van der Waals surface area (Å²) in [6, 6.07) is 13.7. The molecule has 0 aliphatic carbocycles. The molecule has 1 unspecified atom stereocenters. The predicted molar refractivity (Wildman–Crippen MR) is 86.3 cm³/mol. The highest BCUT2D eigenvalue weighted by Gasteiger charge is 2.31. The Labute approximate surface area is 136 Å². The van der Waals surface area contributed by atoms with Crippen molar-refractivity contribution in [3.63, 3.8) is 0 Å². The van der Waals surface area contributed by atoms with Crippen molar-refractivity contribution < 1.29 is 13.9 Å². The minimum Gasteiger partial charge on any atom is -0.484 e. The van der Waals surface area contributed by atoms with Crippen LogP contribution < -0.4 is 10.4 Å². The van der Waals surface area contributed by atoms with Gasteiger partial charge in [-0.1, -0.05) is 29.8 Å². The van der Waals surface area contributed by atoms with Gasteiger partial charge in [0, 0.05) is 22.0 Å². The van der Waals surface area contributed by atoms with Gasteiger partial charge < -0.3 is 9.15 Å². The Hall–Kier alpha value is -2.59. The molecule has 4 nitrogen and oxygen atoms in total. The van der Waals surface area contributed by atoms with E-state index in [1.165, 1.54) is 6.07 Å². The van der Waals surface area contributed by atoms with Gasteiger partial charge in [0.1, 0.15) is 17.4 Å². The van der Waals surface area contributed by atoms with Gasteiger partial charge in [-0.2, -0.15) is 0 Å². The maximum atomic E-state index is 12.6. The fraction of sp³-hybridized carbons (Fsp3) is 0.111. The van der Waals surface area contributed by atoms with Crippen molar-refractivity contribution in [3.8, 4) is 5.75 Å². The molecule has 2 aromatic carbocycles. The van der Waals surface area contributed by atoms with E-state index in [-0.39, 0.29) is 17.8 Å². The van der Waals surface area contributed by atoms with E-state index in [1.807, 2.05) is 18.2 Å². The summed E-state index contributed by atoms with van der Waals surface area (Å²) in [5.41, 5.74) is 0.871. The van der Waals surface area contributed by atoms with E-state index in [2.05, 4.69) is 0 Å². The number of rotatable bonds is 1. The van der Waals surface area contributed by atoms with Gasteiger partial charge in [0.2, 0.25) is 0 Å². The third-order valence-corrected chi connectivity index (χ3v) is 4.27. The molecule has 5 heteroatoms. The number of Topliss-reactive ketones (excluding diaryl/α,β-unsaturated/α-hetero) is 1. The van der Waals surface area contributed by atoms with Crippen LogP contribution in [0.15, 0.2) is 57.7 Å². The molecule has 0 amide bonds. The number of carbonyl (C=O) groups is 1. The second kappa shape index (κ2) is 5.25. The van der Waals surface area contributed by atoms with E-state index in [0.29, 0.717) is 21.7 Å². The van der Waals surface area contributed by atoms with E-state index in [1.54, 1.807) is 24.3 Å². The fourth-order valence-electron chi connectivity index (χ4n) is 2.85. The molecular formula is C18H11ClO4. The Morgan fingerprint density at radius 1 is 1.00 bits per heavy atom. The van der Waals surface area contributed by atoms with Crippen LogP contribution in [0.4, 0.5) is 0 Å². The molecule has 1 aliphatic heterocycles. The van der Waals surface area contributed by atoms with Gasteiger partial charge in [0.15, 0.2) is 11.4 Å². The minimum atomic E-state index is -0.494. The lowest BCUT2D eigenvalue weighted by molar-refractivity contribution is 0.0851. The molecular weight excluding hydrogens is 316 g/mol. The number of hydrogen-bond acceptors (Lipinski definition) is 4. The van der Waals surface area contributed by atoms with Crippen molar-refractivity contribution in [1.29, 1.82) is 0 Å². The highest BCUT2D eigenvalue weighted by atomic mass is 35.5. The molecule has 1 aromatic heterocycles. The second-order valence-electron chi connectivity index (χ2n) is 5.37. The topological polar surface area (TPSA) is 56.5 Å². The van der Waals surface area contributed by atoms with Gasteiger partial charge in [-0.3, -0.25) is 4.79 Å². The molecule has 2 heterocycles. The highest BCUT2D eigenvalue weighted by molar-refractivity contribution is 6.31. The summed E-state index contributed by atoms with van der Waals surface area (Å²) >= 11 is 6.20. The molecule has 0 saturated heterocycles. The molecule has 1 aliphatic rings. The molecule has 0 saturated carbocycles. The Balaban J connectivity index is 1.86. The van der Waals surface area contributed by atoms with Crippen LogP contribution in [0.1, 0.15) is 28.4 Å². The van der Waals surface area contributed by atoms with Crippen LogP contribution in [0.2, 0.25) is 5.02 Å². The molecule has 0 fully saturated rings. The largest absolute Gasteiger partial charge is 0.484 e. The summed E-state index contributed by atoms with van der Waals surface area (Å²) in [7, 11) is 0. The van der Waals surface area contributed by atoms with E-state index in [0.717, 1.165) is 5.56 Å². The van der Waals surface area contributed by atoms with E-state index in [4.69, 9.17) is 20.8 Å². The highest BCUT2D eigenvalue weighted by Crippen LogP contribution is 2.39. The Bertz CT molecular complexity index is 990. The number of ether oxygens (including phenoxy) is 1. The molecule has 23 heavy (non-hydrogen) atoms. The molecule has 1 atom stereocenters. The van der Waals surface area contributed by atoms with Crippen LogP contribution in [0, 0.1) is 0 Å². The average molecular weight is 327 g/mol. The van der Waals surface area contributed by atoms with E-state index >= 15 is 0 Å². The summed E-state index contributed by atoms with van der Waals surface area (Å²) in [5, 5.41) is 1.25. The predicted octanol–water partition coefficient (Wildman–Crippen LogP) is 4.15. The minimum absolute atomic E-state index is 0.129. The van der Waals surface area contributed by atoms with Crippen molar-refractivity contribution in [2.75, 3.05) is 0 Å². The van der Waals surface area contributed by atoms with Gasteiger partial charge in [-0.05, 0) is 24.3 Å². The first-order chi connectivity index (χ1) is 11.1. The number of ketones is 1. The lowest BCUT2D eigenvalue weighted by Crippen LogP contribution is -2.21. The molecule has 0 bridgehead atoms. The van der Waals surface area contributed by atoms with Crippen molar-refractivity contribution in [2.45, 2.75) is 12.5 Å². The van der Waals surface area contributed by atoms with Crippen LogP contribution in [0.3, 0.4) is 0 Å². The molecule has 3 aromatic rings. The van der Waals surface area contributed by atoms with Gasteiger partial charge >= 0.3 is 5.63 Å². The van der Waals surface area contributed by atoms with Crippen molar-refractivity contribution in [3.05, 3.63) is 75.1 Å². The van der Waals surface area contributed by atoms with Crippen LogP contribution in [-0.4, -0.2) is 5.78 Å². The first kappa shape index (κ1) is 14.0. The Kier molecular flexibility index (Phi) is 3.20. The van der Waals surface area contributed by atoms with Crippen molar-refractivity contribution in [1.82, 2.24) is 0 Å². The average Bonchev–Trinajstić information content (AvgIpc) is 2.54. The van der Waals surface area contributed by atoms with Crippen LogP contribution in [0.5, 0.6) is 5.75 Å². The zero-order chi connectivity index (χ0) is 16.0. The van der Waals surface area contributed by atoms with Gasteiger partial charge in [0.25, 0.3) is 0 Å². The van der Waals surface area contributed by atoms with Crippen molar-refractivity contribution in [2.24, 2.45) is 0 Å². The third kappa shape index (κ3) is 2.32. The summed E-state index contributed by atoms with van der Waals surface area (Å²) in [6.45, 7) is 0. The van der Waals surface area contributed by atoms with Gasteiger partial charge in [-0.25, -0.2) is 4.79 Å². The smallest absolute Gasteiger partial charge is 0.336 e. The zero-order valence-corrected chi connectivity index (χ0v) is 12.7. The van der Waals surface area contributed by atoms with Crippen LogP contribution in [-0.2, 0) is 0 Å². The maximum Gasteiger partial charge on any atom is 0.336 e. The maximum absolute atomic E-state index is 12.6. The van der Waals surface area contributed by atoms with E-state index < -0.39 is 11.7 Å². The number of halogens is 1. The molecule has 0 N–H and O–H groups in total. The van der Waals surface area contributed by atoms with Gasteiger partial charge in [0.05, 0.1) is 6.42 Å². The second-order valence-corrected chi connectivity index (χ2v) is 5.77. The first-order valence-electron chi connectivity index (χ1n) is 7.14. The molecule has 0 radical (unpaired) electrons. The number of benzene rings is 2. The third-order valence-electron chi connectivity index (χ3n) is 3.92. The monoisotopic (exact) mass is 326 g/mol. The van der Waals surface area contributed by atoms with Crippen LogP contribution >= 0.6 is 11.6 Å². The number of hydrogen-bond donors (Lipinski definition) is 0. The molecule has 0 spiro atoms. The van der Waals surface area contributed by atoms with Crippen LogP contribution in [0.25, 0.3) is 11.0 Å².